The minimum absolute atomic E-state index is 0.458. The van der Waals surface area contributed by atoms with Gasteiger partial charge in [0.05, 0.1) is 0 Å². The minimum atomic E-state index is -0.532. The molecule has 2 heterocycles. The summed E-state index contributed by atoms with van der Waals surface area (Å²) in [5, 5.41) is 8.62. The van der Waals surface area contributed by atoms with Crippen LogP contribution in [0, 0.1) is 0 Å². The number of rotatable bonds is 6. The second-order valence-corrected chi connectivity index (χ2v) is 6.95. The fourth-order valence-corrected chi connectivity index (χ4v) is 3.71. The summed E-state index contributed by atoms with van der Waals surface area (Å²) in [7, 11) is 0. The first-order valence-corrected chi connectivity index (χ1v) is 9.36. The Labute approximate surface area is 157 Å². The summed E-state index contributed by atoms with van der Waals surface area (Å²) < 4.78 is 3.53. The van der Waals surface area contributed by atoms with Crippen LogP contribution >= 0.6 is 11.9 Å². The van der Waals surface area contributed by atoms with E-state index in [0.717, 1.165) is 42.1 Å². The highest BCUT2D eigenvalue weighted by molar-refractivity contribution is 7.97. The third kappa shape index (κ3) is 5.08. The van der Waals surface area contributed by atoms with Gasteiger partial charge in [-0.2, -0.15) is 0 Å². The molecule has 0 bridgehead atoms. The van der Waals surface area contributed by atoms with Crippen molar-refractivity contribution in [2.24, 2.45) is 0 Å². The molecule has 0 spiro atoms. The number of carbonyl (C=O) groups is 1. The van der Waals surface area contributed by atoms with Gasteiger partial charge in [-0.15, -0.1) is 0 Å². The van der Waals surface area contributed by atoms with Gasteiger partial charge in [-0.25, -0.2) is 5.48 Å². The molecule has 0 aliphatic carbocycles. The molecule has 1 saturated heterocycles. The van der Waals surface area contributed by atoms with E-state index in [1.54, 1.807) is 29.7 Å². The number of nitrogens with zero attached hydrogens (tertiary/aromatic N) is 2. The summed E-state index contributed by atoms with van der Waals surface area (Å²) in [5.74, 6) is -0.532. The van der Waals surface area contributed by atoms with Crippen LogP contribution < -0.4 is 15.1 Å². The lowest BCUT2D eigenvalue weighted by molar-refractivity contribution is -0.124. The zero-order valence-electron chi connectivity index (χ0n) is 14.3. The molecule has 2 aromatic rings. The van der Waals surface area contributed by atoms with Crippen LogP contribution in [0.1, 0.15) is 18.4 Å². The van der Waals surface area contributed by atoms with E-state index in [9.17, 15) is 4.79 Å². The number of benzene rings is 1. The number of para-hydroxylation sites is 1. The van der Waals surface area contributed by atoms with Crippen LogP contribution in [-0.2, 0) is 4.79 Å². The molecule has 1 aliphatic heterocycles. The lowest BCUT2D eigenvalue weighted by atomic mass is 10.0. The molecule has 6 nitrogen and oxygen atoms in total. The van der Waals surface area contributed by atoms with Crippen molar-refractivity contribution in [3.8, 4) is 0 Å². The van der Waals surface area contributed by atoms with Crippen LogP contribution in [0.2, 0.25) is 0 Å². The van der Waals surface area contributed by atoms with Crippen LogP contribution in [0.3, 0.4) is 0 Å². The number of hydrogen-bond acceptors (Lipinski definition) is 6. The number of carbonyl (C=O) groups excluding carboxylic acids is 1. The Morgan fingerprint density at radius 2 is 2.04 bits per heavy atom. The van der Waals surface area contributed by atoms with Crippen molar-refractivity contribution in [1.82, 2.24) is 15.2 Å². The van der Waals surface area contributed by atoms with E-state index in [1.165, 1.54) is 6.08 Å². The minimum Gasteiger partial charge on any atom is -0.371 e. The molecule has 1 amide bonds. The molecule has 3 N–H and O–H groups in total. The van der Waals surface area contributed by atoms with E-state index >= 15 is 0 Å². The molecule has 1 aromatic heterocycles. The summed E-state index contributed by atoms with van der Waals surface area (Å²) in [4.78, 5) is 18.8. The van der Waals surface area contributed by atoms with Crippen molar-refractivity contribution in [2.45, 2.75) is 23.8 Å². The van der Waals surface area contributed by atoms with Crippen LogP contribution in [0.25, 0.3) is 6.08 Å². The Morgan fingerprint density at radius 1 is 1.23 bits per heavy atom. The molecular weight excluding hydrogens is 348 g/mol. The molecule has 1 fully saturated rings. The molecule has 0 radical (unpaired) electrons. The number of piperidine rings is 1. The number of amides is 1. The van der Waals surface area contributed by atoms with Gasteiger partial charge < -0.3 is 4.90 Å². The first-order chi connectivity index (χ1) is 12.8. The first-order valence-electron chi connectivity index (χ1n) is 8.55. The predicted molar refractivity (Wildman–Crippen MR) is 104 cm³/mol. The number of hydrogen-bond donors (Lipinski definition) is 3. The molecule has 0 atom stereocenters. The van der Waals surface area contributed by atoms with Gasteiger partial charge in [0.2, 0.25) is 0 Å². The number of anilines is 1. The van der Waals surface area contributed by atoms with Crippen molar-refractivity contribution in [3.05, 3.63) is 60.4 Å². The van der Waals surface area contributed by atoms with Gasteiger partial charge in [-0.1, -0.05) is 18.2 Å². The van der Waals surface area contributed by atoms with Gasteiger partial charge in [-0.05, 0) is 54.6 Å². The van der Waals surface area contributed by atoms with E-state index in [0.29, 0.717) is 6.04 Å². The summed E-state index contributed by atoms with van der Waals surface area (Å²) in [6.07, 6.45) is 8.78. The van der Waals surface area contributed by atoms with Crippen molar-refractivity contribution >= 4 is 29.6 Å². The van der Waals surface area contributed by atoms with E-state index in [1.807, 2.05) is 36.5 Å². The zero-order chi connectivity index (χ0) is 18.2. The lowest BCUT2D eigenvalue weighted by Gasteiger charge is -2.34. The van der Waals surface area contributed by atoms with Crippen LogP contribution in [0.5, 0.6) is 0 Å². The molecule has 26 heavy (non-hydrogen) atoms. The third-order valence-corrected chi connectivity index (χ3v) is 5.20. The van der Waals surface area contributed by atoms with Gasteiger partial charge in [0.25, 0.3) is 5.91 Å². The second-order valence-electron chi connectivity index (χ2n) is 6.04. The highest BCUT2D eigenvalue weighted by atomic mass is 32.2. The molecular formula is C19H22N4O2S. The van der Waals surface area contributed by atoms with Crippen molar-refractivity contribution in [2.75, 3.05) is 18.0 Å². The second kappa shape index (κ2) is 9.38. The summed E-state index contributed by atoms with van der Waals surface area (Å²) in [6.45, 7) is 1.89. The van der Waals surface area contributed by atoms with Crippen LogP contribution in [0.15, 0.2) is 59.8 Å². The average Bonchev–Trinajstić information content (AvgIpc) is 2.72. The van der Waals surface area contributed by atoms with E-state index in [-0.39, 0.29) is 0 Å². The predicted octanol–water partition coefficient (Wildman–Crippen LogP) is 2.87. The first kappa shape index (κ1) is 18.4. The SMILES string of the molecule is O=C(/C=C/c1ccccc1N1CCC(NSc2cccnc2)CC1)NO. The third-order valence-electron chi connectivity index (χ3n) is 4.27. The summed E-state index contributed by atoms with van der Waals surface area (Å²) in [6, 6.07) is 12.4. The molecule has 1 aliphatic rings. The molecule has 0 saturated carbocycles. The topological polar surface area (TPSA) is 77.5 Å². The zero-order valence-corrected chi connectivity index (χ0v) is 15.2. The summed E-state index contributed by atoms with van der Waals surface area (Å²) in [5.41, 5.74) is 3.68. The molecule has 136 valence electrons. The van der Waals surface area contributed by atoms with E-state index in [4.69, 9.17) is 5.21 Å². The highest BCUT2D eigenvalue weighted by Gasteiger charge is 2.20. The number of nitrogens with one attached hydrogen (secondary N) is 2. The van der Waals surface area contributed by atoms with Gasteiger partial charge in [0.1, 0.15) is 0 Å². The number of hydroxylamine groups is 1. The van der Waals surface area contributed by atoms with Crippen LogP contribution in [-0.4, -0.2) is 35.2 Å². The van der Waals surface area contributed by atoms with Crippen molar-refractivity contribution in [1.29, 1.82) is 0 Å². The van der Waals surface area contributed by atoms with Crippen molar-refractivity contribution < 1.29 is 10.0 Å². The Kier molecular flexibility index (Phi) is 6.65. The van der Waals surface area contributed by atoms with Gasteiger partial charge >= 0.3 is 0 Å². The highest BCUT2D eigenvalue weighted by Crippen LogP contribution is 2.26. The van der Waals surface area contributed by atoms with E-state index < -0.39 is 5.91 Å². The molecule has 7 heteroatoms. The molecule has 0 unspecified atom stereocenters. The van der Waals surface area contributed by atoms with Gasteiger partial charge in [0, 0.05) is 48.2 Å². The number of pyridine rings is 1. The fourth-order valence-electron chi connectivity index (χ4n) is 2.92. The van der Waals surface area contributed by atoms with Crippen molar-refractivity contribution in [3.63, 3.8) is 0 Å². The van der Waals surface area contributed by atoms with E-state index in [2.05, 4.69) is 20.7 Å². The lowest BCUT2D eigenvalue weighted by Crippen LogP contribution is -2.40. The monoisotopic (exact) mass is 370 g/mol. The van der Waals surface area contributed by atoms with Gasteiger partial charge in [-0.3, -0.25) is 19.7 Å². The Morgan fingerprint density at radius 3 is 2.77 bits per heavy atom. The molecule has 3 rings (SSSR count). The average molecular weight is 370 g/mol. The maximum Gasteiger partial charge on any atom is 0.267 e. The standard InChI is InChI=1S/C19H22N4O2S/c24-19(21-25)8-7-15-4-1-2-6-18(15)23-12-9-16(10-13-23)22-26-17-5-3-11-20-14-17/h1-8,11,14,16,22,25H,9-10,12-13H2,(H,21,24)/b8-7+. The Bertz CT molecular complexity index is 746. The summed E-state index contributed by atoms with van der Waals surface area (Å²) >= 11 is 1.63. The van der Waals surface area contributed by atoms with Crippen LogP contribution in [0.4, 0.5) is 5.69 Å². The molecule has 1 aromatic carbocycles. The largest absolute Gasteiger partial charge is 0.371 e. The normalized spacial score (nSPS) is 15.3. The van der Waals surface area contributed by atoms with Gasteiger partial charge in [0.15, 0.2) is 0 Å². The quantitative estimate of drug-likeness (QED) is 0.314. The Balaban J connectivity index is 1.56. The smallest absolute Gasteiger partial charge is 0.267 e. The maximum atomic E-state index is 11.2. The Hall–Kier alpha value is -2.35. The fraction of sp³-hybridized carbons (Fsp3) is 0.263. The maximum absolute atomic E-state index is 11.2. The number of aromatic nitrogens is 1.